The number of rotatable bonds is 3. The Morgan fingerprint density at radius 1 is 1.35 bits per heavy atom. The Morgan fingerprint density at radius 2 is 2.09 bits per heavy atom. The summed E-state index contributed by atoms with van der Waals surface area (Å²) in [6.07, 6.45) is 1.44. The third-order valence-corrected chi connectivity index (χ3v) is 3.66. The highest BCUT2D eigenvalue weighted by Gasteiger charge is 2.15. The van der Waals surface area contributed by atoms with Gasteiger partial charge in [-0.3, -0.25) is 18.7 Å². The molecule has 1 amide bonds. The molecule has 0 unspecified atom stereocenters. The molecule has 0 atom stereocenters. The average molecular weight is 317 g/mol. The minimum absolute atomic E-state index is 0.0927. The molecule has 120 valence electrons. The van der Waals surface area contributed by atoms with Gasteiger partial charge in [-0.15, -0.1) is 0 Å². The van der Waals surface area contributed by atoms with E-state index in [2.05, 4.69) is 15.3 Å². The van der Waals surface area contributed by atoms with Crippen LogP contribution in [0, 0.1) is 6.92 Å². The quantitative estimate of drug-likeness (QED) is 0.693. The molecule has 9 nitrogen and oxygen atoms in total. The molecule has 0 fully saturated rings. The number of aromatic amines is 1. The van der Waals surface area contributed by atoms with E-state index in [9.17, 15) is 14.4 Å². The highest BCUT2D eigenvalue weighted by atomic mass is 16.3. The van der Waals surface area contributed by atoms with E-state index in [4.69, 9.17) is 4.42 Å². The second-order valence-electron chi connectivity index (χ2n) is 5.16. The molecule has 2 N–H and O–H groups in total. The van der Waals surface area contributed by atoms with Gasteiger partial charge < -0.3 is 14.7 Å². The fraction of sp³-hybridized carbons (Fsp3) is 0.286. The SMILES string of the molecule is Cc1occc1C(=O)NCc1nc2c([nH]1)c(=O)n(C)c(=O)n2C. The highest BCUT2D eigenvalue weighted by Crippen LogP contribution is 2.09. The molecule has 0 aromatic carbocycles. The van der Waals surface area contributed by atoms with Crippen LogP contribution in [0.25, 0.3) is 11.2 Å². The summed E-state index contributed by atoms with van der Waals surface area (Å²) in [4.78, 5) is 43.0. The van der Waals surface area contributed by atoms with E-state index in [1.54, 1.807) is 13.0 Å². The summed E-state index contributed by atoms with van der Waals surface area (Å²) < 4.78 is 7.35. The number of carbonyl (C=O) groups is 1. The maximum absolute atomic E-state index is 12.1. The molecule has 0 aliphatic carbocycles. The molecule has 3 aromatic rings. The molecular weight excluding hydrogens is 302 g/mol. The number of nitrogens with one attached hydrogen (secondary N) is 2. The lowest BCUT2D eigenvalue weighted by Gasteiger charge is -2.01. The summed E-state index contributed by atoms with van der Waals surface area (Å²) in [5.41, 5.74) is -0.0120. The van der Waals surface area contributed by atoms with Gasteiger partial charge in [0.2, 0.25) is 0 Å². The van der Waals surface area contributed by atoms with Crippen LogP contribution in [0.15, 0.2) is 26.3 Å². The lowest BCUT2D eigenvalue weighted by molar-refractivity contribution is 0.0948. The van der Waals surface area contributed by atoms with Crippen molar-refractivity contribution < 1.29 is 9.21 Å². The topological polar surface area (TPSA) is 115 Å². The fourth-order valence-electron chi connectivity index (χ4n) is 2.34. The molecule has 23 heavy (non-hydrogen) atoms. The fourth-order valence-corrected chi connectivity index (χ4v) is 2.34. The van der Waals surface area contributed by atoms with Crippen LogP contribution in [0.1, 0.15) is 21.9 Å². The zero-order valence-electron chi connectivity index (χ0n) is 12.8. The van der Waals surface area contributed by atoms with Crippen LogP contribution in [-0.2, 0) is 20.6 Å². The summed E-state index contributed by atoms with van der Waals surface area (Å²) in [5.74, 6) is 0.592. The molecular formula is C14H15N5O4. The van der Waals surface area contributed by atoms with Crippen LogP contribution in [0.3, 0.4) is 0 Å². The summed E-state index contributed by atoms with van der Waals surface area (Å²) in [6.45, 7) is 1.78. The summed E-state index contributed by atoms with van der Waals surface area (Å²) >= 11 is 0. The summed E-state index contributed by atoms with van der Waals surface area (Å²) in [5, 5.41) is 2.68. The van der Waals surface area contributed by atoms with E-state index in [0.717, 1.165) is 4.57 Å². The van der Waals surface area contributed by atoms with Crippen LogP contribution < -0.4 is 16.6 Å². The van der Waals surface area contributed by atoms with Gasteiger partial charge in [-0.1, -0.05) is 0 Å². The minimum Gasteiger partial charge on any atom is -0.469 e. The molecule has 0 radical (unpaired) electrons. The lowest BCUT2D eigenvalue weighted by atomic mass is 10.2. The predicted octanol–water partition coefficient (Wildman–Crippen LogP) is -0.208. The van der Waals surface area contributed by atoms with Crippen molar-refractivity contribution in [3.05, 3.63) is 50.3 Å². The molecule has 3 rings (SSSR count). The lowest BCUT2D eigenvalue weighted by Crippen LogP contribution is -2.36. The molecule has 0 aliphatic heterocycles. The van der Waals surface area contributed by atoms with Gasteiger partial charge in [0.1, 0.15) is 17.1 Å². The van der Waals surface area contributed by atoms with Crippen molar-refractivity contribution in [2.45, 2.75) is 13.5 Å². The minimum atomic E-state index is -0.460. The normalized spacial score (nSPS) is 11.1. The predicted molar refractivity (Wildman–Crippen MR) is 81.2 cm³/mol. The van der Waals surface area contributed by atoms with E-state index in [1.807, 2.05) is 0 Å². The molecule has 0 saturated carbocycles. The van der Waals surface area contributed by atoms with Gasteiger partial charge >= 0.3 is 5.69 Å². The number of H-pyrrole nitrogens is 1. The smallest absolute Gasteiger partial charge is 0.332 e. The van der Waals surface area contributed by atoms with Crippen LogP contribution in [0.4, 0.5) is 0 Å². The first-order chi connectivity index (χ1) is 10.9. The van der Waals surface area contributed by atoms with Gasteiger partial charge in [0.25, 0.3) is 11.5 Å². The number of fused-ring (bicyclic) bond motifs is 1. The number of aryl methyl sites for hydroxylation is 2. The van der Waals surface area contributed by atoms with E-state index < -0.39 is 11.2 Å². The van der Waals surface area contributed by atoms with Crippen LogP contribution in [0.5, 0.6) is 0 Å². The van der Waals surface area contributed by atoms with Crippen molar-refractivity contribution in [1.29, 1.82) is 0 Å². The Kier molecular flexibility index (Phi) is 3.40. The van der Waals surface area contributed by atoms with Crippen LogP contribution in [-0.4, -0.2) is 25.0 Å². The number of imidazole rings is 1. The third-order valence-electron chi connectivity index (χ3n) is 3.66. The molecule has 0 aliphatic rings. The number of hydrogen-bond acceptors (Lipinski definition) is 5. The molecule has 0 saturated heterocycles. The third kappa shape index (κ3) is 2.35. The maximum Gasteiger partial charge on any atom is 0.332 e. The number of nitrogens with zero attached hydrogens (tertiary/aromatic N) is 3. The van der Waals surface area contributed by atoms with E-state index in [-0.39, 0.29) is 23.6 Å². The first-order valence-corrected chi connectivity index (χ1v) is 6.87. The Bertz CT molecular complexity index is 1020. The van der Waals surface area contributed by atoms with E-state index >= 15 is 0 Å². The number of carbonyl (C=O) groups excluding carboxylic acids is 1. The highest BCUT2D eigenvalue weighted by molar-refractivity contribution is 5.94. The second kappa shape index (κ2) is 5.27. The number of hydrogen-bond donors (Lipinski definition) is 2. The Hall–Kier alpha value is -3.10. The van der Waals surface area contributed by atoms with Crippen LogP contribution in [0.2, 0.25) is 0 Å². The number of aromatic nitrogens is 4. The summed E-state index contributed by atoms with van der Waals surface area (Å²) in [7, 11) is 2.93. The van der Waals surface area contributed by atoms with Gasteiger partial charge in [-0.2, -0.15) is 0 Å². The van der Waals surface area contributed by atoms with Crippen molar-refractivity contribution in [1.82, 2.24) is 24.4 Å². The first-order valence-electron chi connectivity index (χ1n) is 6.87. The Labute approximate surface area is 129 Å². The second-order valence-corrected chi connectivity index (χ2v) is 5.16. The van der Waals surface area contributed by atoms with E-state index in [1.165, 1.54) is 24.9 Å². The van der Waals surface area contributed by atoms with Gasteiger partial charge in [0.15, 0.2) is 5.65 Å². The maximum atomic E-state index is 12.1. The monoisotopic (exact) mass is 317 g/mol. The zero-order valence-corrected chi connectivity index (χ0v) is 12.8. The summed E-state index contributed by atoms with van der Waals surface area (Å²) in [6, 6.07) is 1.57. The molecule has 9 heteroatoms. The van der Waals surface area contributed by atoms with Crippen molar-refractivity contribution in [3.8, 4) is 0 Å². The van der Waals surface area contributed by atoms with Crippen molar-refractivity contribution in [2.24, 2.45) is 14.1 Å². The van der Waals surface area contributed by atoms with Crippen LogP contribution >= 0.6 is 0 Å². The zero-order chi connectivity index (χ0) is 16.7. The number of amides is 1. The molecule has 3 heterocycles. The van der Waals surface area contributed by atoms with Crippen molar-refractivity contribution >= 4 is 17.1 Å². The Balaban J connectivity index is 1.90. The average Bonchev–Trinajstić information content (AvgIpc) is 3.15. The molecule has 0 spiro atoms. The number of furan rings is 1. The Morgan fingerprint density at radius 3 is 2.74 bits per heavy atom. The van der Waals surface area contributed by atoms with E-state index in [0.29, 0.717) is 17.1 Å². The first kappa shape index (κ1) is 14.8. The standard InChI is InChI=1S/C14H15N5O4/c1-7-8(4-5-23-7)12(20)15-6-9-16-10-11(17-9)18(2)14(22)19(3)13(10)21/h4-5H,6H2,1-3H3,(H,15,20)(H,16,17). The van der Waals surface area contributed by atoms with Gasteiger partial charge in [0, 0.05) is 14.1 Å². The largest absolute Gasteiger partial charge is 0.469 e. The van der Waals surface area contributed by atoms with Gasteiger partial charge in [-0.05, 0) is 13.0 Å². The van der Waals surface area contributed by atoms with Gasteiger partial charge in [0.05, 0.1) is 18.4 Å². The van der Waals surface area contributed by atoms with Crippen molar-refractivity contribution in [3.63, 3.8) is 0 Å². The molecule has 3 aromatic heterocycles. The molecule has 0 bridgehead atoms. The van der Waals surface area contributed by atoms with Crippen molar-refractivity contribution in [2.75, 3.05) is 0 Å². The van der Waals surface area contributed by atoms with Gasteiger partial charge in [-0.25, -0.2) is 9.78 Å².